The van der Waals surface area contributed by atoms with Gasteiger partial charge in [-0.2, -0.15) is 0 Å². The average Bonchev–Trinajstić information content (AvgIpc) is 3.02. The summed E-state index contributed by atoms with van der Waals surface area (Å²) < 4.78 is 21.9. The standard InChI is InChI=1S/C34H62O10/c1-3-5-7-9-11-13-14-15-17-19-21-23-30(37)43-27(25-41-29(36)22-20-18-16-12-10-8-6-4-2)26-42-34-33(40)32(39)31(38)28(24-35)44-34/h9,11,27-28,31-35,38-40H,3-8,10,12-26H2,1-2H3/b11-9+/t27-,28-,31+,32?,33?,34-/m1/s1. The first-order chi connectivity index (χ1) is 21.3. The minimum absolute atomic E-state index is 0.217. The van der Waals surface area contributed by atoms with Crippen molar-refractivity contribution in [2.45, 2.75) is 173 Å². The molecule has 6 atom stereocenters. The second kappa shape index (κ2) is 26.6. The molecule has 0 saturated carbocycles. The minimum Gasteiger partial charge on any atom is -0.462 e. The molecule has 0 aromatic rings. The molecular weight excluding hydrogens is 568 g/mol. The van der Waals surface area contributed by atoms with E-state index < -0.39 is 49.4 Å². The number of carbonyl (C=O) groups excluding carboxylic acids is 2. The van der Waals surface area contributed by atoms with E-state index in [4.69, 9.17) is 18.9 Å². The number of aliphatic hydroxyl groups is 4. The van der Waals surface area contributed by atoms with E-state index in [1.807, 2.05) is 0 Å². The Hall–Kier alpha value is -1.56. The Morgan fingerprint density at radius 2 is 1.23 bits per heavy atom. The molecule has 0 aromatic heterocycles. The Morgan fingerprint density at radius 3 is 1.84 bits per heavy atom. The van der Waals surface area contributed by atoms with Crippen molar-refractivity contribution in [3.8, 4) is 0 Å². The Kier molecular flexibility index (Phi) is 24.5. The predicted octanol–water partition coefficient (Wildman–Crippen LogP) is 5.27. The number of hydrogen-bond acceptors (Lipinski definition) is 10. The van der Waals surface area contributed by atoms with E-state index in [-0.39, 0.29) is 32.0 Å². The maximum atomic E-state index is 12.6. The van der Waals surface area contributed by atoms with Gasteiger partial charge in [-0.1, -0.05) is 103 Å². The molecule has 10 heteroatoms. The molecule has 1 saturated heterocycles. The van der Waals surface area contributed by atoms with Crippen molar-refractivity contribution in [1.82, 2.24) is 0 Å². The molecule has 2 unspecified atom stereocenters. The Labute approximate surface area is 265 Å². The van der Waals surface area contributed by atoms with Crippen molar-refractivity contribution in [3.63, 3.8) is 0 Å². The monoisotopic (exact) mass is 630 g/mol. The highest BCUT2D eigenvalue weighted by Gasteiger charge is 2.44. The smallest absolute Gasteiger partial charge is 0.306 e. The molecule has 1 aliphatic heterocycles. The Morgan fingerprint density at radius 1 is 0.682 bits per heavy atom. The third-order valence-corrected chi connectivity index (χ3v) is 7.90. The van der Waals surface area contributed by atoms with Gasteiger partial charge in [0.15, 0.2) is 12.4 Å². The van der Waals surface area contributed by atoms with Crippen LogP contribution in [0.25, 0.3) is 0 Å². The molecule has 1 heterocycles. The van der Waals surface area contributed by atoms with Crippen molar-refractivity contribution in [2.24, 2.45) is 0 Å². The van der Waals surface area contributed by atoms with Crippen molar-refractivity contribution in [2.75, 3.05) is 19.8 Å². The average molecular weight is 631 g/mol. The van der Waals surface area contributed by atoms with Gasteiger partial charge in [-0.05, 0) is 32.1 Å². The van der Waals surface area contributed by atoms with Crippen LogP contribution in [0.3, 0.4) is 0 Å². The van der Waals surface area contributed by atoms with Crippen LogP contribution in [0.4, 0.5) is 0 Å². The molecule has 10 nitrogen and oxygen atoms in total. The van der Waals surface area contributed by atoms with Gasteiger partial charge >= 0.3 is 11.9 Å². The van der Waals surface area contributed by atoms with Crippen molar-refractivity contribution in [1.29, 1.82) is 0 Å². The summed E-state index contributed by atoms with van der Waals surface area (Å²) >= 11 is 0. The van der Waals surface area contributed by atoms with Crippen molar-refractivity contribution in [3.05, 3.63) is 12.2 Å². The molecule has 1 fully saturated rings. The lowest BCUT2D eigenvalue weighted by atomic mass is 9.99. The minimum atomic E-state index is -1.59. The van der Waals surface area contributed by atoms with Crippen molar-refractivity contribution >= 4 is 11.9 Å². The summed E-state index contributed by atoms with van der Waals surface area (Å²) in [4.78, 5) is 24.9. The molecular formula is C34H62O10. The highest BCUT2D eigenvalue weighted by molar-refractivity contribution is 5.70. The van der Waals surface area contributed by atoms with Crippen LogP contribution in [0.1, 0.15) is 136 Å². The zero-order valence-corrected chi connectivity index (χ0v) is 27.4. The number of rotatable bonds is 27. The van der Waals surface area contributed by atoms with Crippen LogP contribution in [0, 0.1) is 0 Å². The van der Waals surface area contributed by atoms with Crippen LogP contribution in [0.2, 0.25) is 0 Å². The van der Waals surface area contributed by atoms with E-state index in [0.717, 1.165) is 57.8 Å². The van der Waals surface area contributed by atoms with Crippen LogP contribution in [-0.4, -0.2) is 89.0 Å². The summed E-state index contributed by atoms with van der Waals surface area (Å²) in [6.45, 7) is 3.30. The quantitative estimate of drug-likeness (QED) is 0.0537. The van der Waals surface area contributed by atoms with Gasteiger partial charge in [0.1, 0.15) is 31.0 Å². The van der Waals surface area contributed by atoms with Gasteiger partial charge in [-0.3, -0.25) is 9.59 Å². The summed E-state index contributed by atoms with van der Waals surface area (Å²) in [5, 5.41) is 39.7. The van der Waals surface area contributed by atoms with Crippen LogP contribution >= 0.6 is 0 Å². The Bertz CT molecular complexity index is 744. The van der Waals surface area contributed by atoms with E-state index in [9.17, 15) is 30.0 Å². The largest absolute Gasteiger partial charge is 0.462 e. The van der Waals surface area contributed by atoms with Crippen molar-refractivity contribution < 1.29 is 49.0 Å². The zero-order valence-electron chi connectivity index (χ0n) is 27.4. The fraction of sp³-hybridized carbons (Fsp3) is 0.882. The highest BCUT2D eigenvalue weighted by atomic mass is 16.7. The maximum Gasteiger partial charge on any atom is 0.306 e. The second-order valence-electron chi connectivity index (χ2n) is 12.0. The lowest BCUT2D eigenvalue weighted by Gasteiger charge is -2.39. The number of hydrogen-bond donors (Lipinski definition) is 4. The summed E-state index contributed by atoms with van der Waals surface area (Å²) in [5.74, 6) is -0.824. The third kappa shape index (κ3) is 19.1. The van der Waals surface area contributed by atoms with Gasteiger partial charge in [-0.15, -0.1) is 0 Å². The van der Waals surface area contributed by atoms with Gasteiger partial charge in [-0.25, -0.2) is 0 Å². The number of allylic oxidation sites excluding steroid dienone is 2. The van der Waals surface area contributed by atoms with Gasteiger partial charge < -0.3 is 39.4 Å². The van der Waals surface area contributed by atoms with Crippen LogP contribution in [-0.2, 0) is 28.5 Å². The molecule has 0 aromatic carbocycles. The van der Waals surface area contributed by atoms with E-state index in [0.29, 0.717) is 6.42 Å². The topological polar surface area (TPSA) is 152 Å². The number of carbonyl (C=O) groups is 2. The molecule has 44 heavy (non-hydrogen) atoms. The lowest BCUT2D eigenvalue weighted by molar-refractivity contribution is -0.305. The summed E-state index contributed by atoms with van der Waals surface area (Å²) in [6.07, 6.45) is 15.3. The molecule has 0 spiro atoms. The fourth-order valence-corrected chi connectivity index (χ4v) is 5.05. The van der Waals surface area contributed by atoms with E-state index in [2.05, 4.69) is 26.0 Å². The third-order valence-electron chi connectivity index (χ3n) is 7.90. The molecule has 0 radical (unpaired) electrons. The molecule has 4 N–H and O–H groups in total. The van der Waals surface area contributed by atoms with Gasteiger partial charge in [0.25, 0.3) is 0 Å². The maximum absolute atomic E-state index is 12.6. The molecule has 258 valence electrons. The van der Waals surface area contributed by atoms with Gasteiger partial charge in [0.2, 0.25) is 0 Å². The van der Waals surface area contributed by atoms with E-state index in [1.54, 1.807) is 0 Å². The highest BCUT2D eigenvalue weighted by Crippen LogP contribution is 2.22. The Balaban J connectivity index is 2.46. The van der Waals surface area contributed by atoms with Gasteiger partial charge in [0, 0.05) is 12.8 Å². The van der Waals surface area contributed by atoms with Crippen LogP contribution in [0.15, 0.2) is 12.2 Å². The number of aliphatic hydroxyl groups excluding tert-OH is 4. The first kappa shape index (κ1) is 40.5. The van der Waals surface area contributed by atoms with E-state index >= 15 is 0 Å². The normalized spacial score (nSPS) is 22.7. The number of unbranched alkanes of at least 4 members (excludes halogenated alkanes) is 14. The van der Waals surface area contributed by atoms with Crippen LogP contribution < -0.4 is 0 Å². The summed E-state index contributed by atoms with van der Waals surface area (Å²) in [7, 11) is 0. The molecule has 0 bridgehead atoms. The lowest BCUT2D eigenvalue weighted by Crippen LogP contribution is -2.59. The SMILES string of the molecule is CCCC/C=C/CCCCCCCC(=O)O[C@H](COC(=O)CCCCCCCCCC)CO[C@@H]1O[C@H](CO)[C@H](O)C(O)C1O. The van der Waals surface area contributed by atoms with Crippen LogP contribution in [0.5, 0.6) is 0 Å². The fourth-order valence-electron chi connectivity index (χ4n) is 5.05. The zero-order chi connectivity index (χ0) is 32.4. The molecule has 1 rings (SSSR count). The molecule has 0 amide bonds. The first-order valence-electron chi connectivity index (χ1n) is 17.3. The molecule has 0 aliphatic carbocycles. The first-order valence-corrected chi connectivity index (χ1v) is 17.3. The predicted molar refractivity (Wildman–Crippen MR) is 169 cm³/mol. The molecule has 1 aliphatic rings. The number of esters is 2. The summed E-state index contributed by atoms with van der Waals surface area (Å²) in [6, 6.07) is 0. The summed E-state index contributed by atoms with van der Waals surface area (Å²) in [5.41, 5.74) is 0. The second-order valence-corrected chi connectivity index (χ2v) is 12.0. The van der Waals surface area contributed by atoms with Gasteiger partial charge in [0.05, 0.1) is 13.2 Å². The van der Waals surface area contributed by atoms with E-state index in [1.165, 1.54) is 44.9 Å². The number of ether oxygens (including phenoxy) is 4.